The number of hydrogen-bond donors (Lipinski definition) is 3. The SMILES string of the molecule is CCCCCCCCCCCCCCCCC(=O)OC[C@H](COP(=O)(O)OC[C@@H](O)COP(=O)(O)OC[C@@H](COC(=O)CCCCCCCCCCCC(C)C)OC(=O)CCCCCCCCCCCC(C)C)OC(=O)CCCCCCCCCCCCCCCC(C)C. The Kier molecular flexibility index (Phi) is 64.3. The third kappa shape index (κ3) is 68.6. The number of phosphoric acid groups is 2. The number of unbranched alkanes of at least 4 members (excludes halogenated alkanes) is 41. The minimum Gasteiger partial charge on any atom is -0.462 e. The van der Waals surface area contributed by atoms with Crippen LogP contribution in [0.3, 0.4) is 0 Å². The average Bonchev–Trinajstić information content (AvgIpc) is 1.67. The van der Waals surface area contributed by atoms with E-state index in [0.717, 1.165) is 108 Å². The summed E-state index contributed by atoms with van der Waals surface area (Å²) in [5, 5.41) is 10.6. The number of carbonyl (C=O) groups is 4. The Morgan fingerprint density at radius 2 is 0.489 bits per heavy atom. The van der Waals surface area contributed by atoms with Crippen LogP contribution in [0.1, 0.15) is 382 Å². The number of aliphatic hydroxyl groups is 1. The van der Waals surface area contributed by atoms with E-state index in [9.17, 15) is 43.2 Å². The second kappa shape index (κ2) is 65.7. The van der Waals surface area contributed by atoms with Crippen molar-refractivity contribution in [1.82, 2.24) is 0 Å². The summed E-state index contributed by atoms with van der Waals surface area (Å²) in [7, 11) is -9.91. The molecule has 0 aromatic rings. The molecule has 0 aromatic carbocycles. The van der Waals surface area contributed by atoms with Crippen LogP contribution in [-0.2, 0) is 65.4 Å². The van der Waals surface area contributed by atoms with E-state index in [4.69, 9.17) is 37.0 Å². The van der Waals surface area contributed by atoms with Gasteiger partial charge >= 0.3 is 39.5 Å². The average molecular weight is 1380 g/mol. The topological polar surface area (TPSA) is 237 Å². The highest BCUT2D eigenvalue weighted by Gasteiger charge is 2.30. The van der Waals surface area contributed by atoms with Crippen LogP contribution >= 0.6 is 15.6 Å². The summed E-state index contributed by atoms with van der Waals surface area (Å²) in [6.07, 6.45) is 51.3. The van der Waals surface area contributed by atoms with Crippen LogP contribution in [0.4, 0.5) is 0 Å². The second-order valence-corrected chi connectivity index (χ2v) is 31.4. The van der Waals surface area contributed by atoms with Gasteiger partial charge in [0.15, 0.2) is 12.2 Å². The monoisotopic (exact) mass is 1380 g/mol. The first-order valence-electron chi connectivity index (χ1n) is 38.8. The van der Waals surface area contributed by atoms with E-state index < -0.39 is 97.5 Å². The van der Waals surface area contributed by atoms with Gasteiger partial charge in [-0.15, -0.1) is 0 Å². The molecule has 19 heteroatoms. The van der Waals surface area contributed by atoms with Crippen LogP contribution in [0.5, 0.6) is 0 Å². The quantitative estimate of drug-likeness (QED) is 0.0222. The van der Waals surface area contributed by atoms with Gasteiger partial charge in [-0.1, -0.05) is 331 Å². The molecule has 0 aliphatic heterocycles. The van der Waals surface area contributed by atoms with Gasteiger partial charge in [0.05, 0.1) is 26.4 Å². The maximum Gasteiger partial charge on any atom is 0.472 e. The molecule has 0 saturated carbocycles. The summed E-state index contributed by atoms with van der Waals surface area (Å²) in [5.74, 6) is 0.148. The Labute approximate surface area is 575 Å². The number of rotatable bonds is 73. The maximum absolute atomic E-state index is 13.1. The molecule has 0 saturated heterocycles. The summed E-state index contributed by atoms with van der Waals surface area (Å²) in [5.41, 5.74) is 0. The first kappa shape index (κ1) is 92.1. The molecule has 0 aromatic heterocycles. The fraction of sp³-hybridized carbons (Fsp3) is 0.947. The molecule has 0 aliphatic rings. The molecule has 558 valence electrons. The molecule has 3 N–H and O–H groups in total. The van der Waals surface area contributed by atoms with Gasteiger partial charge in [0.25, 0.3) is 0 Å². The number of phosphoric ester groups is 2. The molecule has 94 heavy (non-hydrogen) atoms. The summed E-state index contributed by atoms with van der Waals surface area (Å²) in [6.45, 7) is 11.9. The molecule has 2 unspecified atom stereocenters. The minimum atomic E-state index is -4.96. The molecule has 17 nitrogen and oxygen atoms in total. The van der Waals surface area contributed by atoms with Crippen molar-refractivity contribution in [3.8, 4) is 0 Å². The number of carbonyl (C=O) groups excluding carboxylic acids is 4. The fourth-order valence-electron chi connectivity index (χ4n) is 11.4. The van der Waals surface area contributed by atoms with Crippen LogP contribution in [0.25, 0.3) is 0 Å². The van der Waals surface area contributed by atoms with E-state index in [1.54, 1.807) is 0 Å². The Bertz CT molecular complexity index is 1840. The summed E-state index contributed by atoms with van der Waals surface area (Å²) in [6, 6.07) is 0. The second-order valence-electron chi connectivity index (χ2n) is 28.5. The van der Waals surface area contributed by atoms with Crippen molar-refractivity contribution < 1.29 is 80.2 Å². The molecular weight excluding hydrogens is 1230 g/mol. The van der Waals surface area contributed by atoms with Gasteiger partial charge < -0.3 is 33.8 Å². The van der Waals surface area contributed by atoms with Crippen molar-refractivity contribution in [2.24, 2.45) is 17.8 Å². The van der Waals surface area contributed by atoms with Gasteiger partial charge in [-0.2, -0.15) is 0 Å². The molecule has 0 aliphatic carbocycles. The van der Waals surface area contributed by atoms with Gasteiger partial charge in [0.2, 0.25) is 0 Å². The molecule has 0 bridgehead atoms. The zero-order chi connectivity index (χ0) is 69.4. The Balaban J connectivity index is 5.26. The summed E-state index contributed by atoms with van der Waals surface area (Å²) >= 11 is 0. The zero-order valence-electron chi connectivity index (χ0n) is 61.4. The molecule has 0 fully saturated rings. The molecule has 0 amide bonds. The Hall–Kier alpha value is -1.94. The number of esters is 4. The van der Waals surface area contributed by atoms with E-state index in [1.807, 2.05) is 0 Å². The molecule has 0 spiro atoms. The third-order valence-electron chi connectivity index (χ3n) is 17.4. The van der Waals surface area contributed by atoms with Crippen LogP contribution in [0.2, 0.25) is 0 Å². The lowest BCUT2D eigenvalue weighted by Gasteiger charge is -2.21. The smallest absolute Gasteiger partial charge is 0.462 e. The van der Waals surface area contributed by atoms with E-state index in [1.165, 1.54) is 193 Å². The molecular formula is C75H146O17P2. The highest BCUT2D eigenvalue weighted by molar-refractivity contribution is 7.47. The molecule has 5 atom stereocenters. The van der Waals surface area contributed by atoms with Crippen molar-refractivity contribution >= 4 is 39.5 Å². The highest BCUT2D eigenvalue weighted by Crippen LogP contribution is 2.45. The predicted molar refractivity (Wildman–Crippen MR) is 381 cm³/mol. The lowest BCUT2D eigenvalue weighted by molar-refractivity contribution is -0.161. The summed E-state index contributed by atoms with van der Waals surface area (Å²) in [4.78, 5) is 72.8. The lowest BCUT2D eigenvalue weighted by atomic mass is 10.0. The highest BCUT2D eigenvalue weighted by atomic mass is 31.2. The predicted octanol–water partition coefficient (Wildman–Crippen LogP) is 21.8. The first-order valence-corrected chi connectivity index (χ1v) is 41.8. The van der Waals surface area contributed by atoms with E-state index >= 15 is 0 Å². The first-order chi connectivity index (χ1) is 45.2. The van der Waals surface area contributed by atoms with Crippen LogP contribution in [0.15, 0.2) is 0 Å². The van der Waals surface area contributed by atoms with Crippen molar-refractivity contribution in [3.63, 3.8) is 0 Å². The molecule has 0 radical (unpaired) electrons. The van der Waals surface area contributed by atoms with Crippen LogP contribution in [0, 0.1) is 17.8 Å². The van der Waals surface area contributed by atoms with E-state index in [0.29, 0.717) is 25.7 Å². The number of hydrogen-bond acceptors (Lipinski definition) is 15. The Morgan fingerprint density at radius 1 is 0.287 bits per heavy atom. The molecule has 0 rings (SSSR count). The third-order valence-corrected chi connectivity index (χ3v) is 19.3. The number of ether oxygens (including phenoxy) is 4. The van der Waals surface area contributed by atoms with Crippen LogP contribution < -0.4 is 0 Å². The van der Waals surface area contributed by atoms with E-state index in [-0.39, 0.29) is 25.7 Å². The van der Waals surface area contributed by atoms with Gasteiger partial charge in [-0.05, 0) is 43.4 Å². The zero-order valence-corrected chi connectivity index (χ0v) is 63.2. The summed E-state index contributed by atoms with van der Waals surface area (Å²) < 4.78 is 68.5. The van der Waals surface area contributed by atoms with E-state index in [2.05, 4.69) is 48.5 Å². The van der Waals surface area contributed by atoms with Crippen molar-refractivity contribution in [3.05, 3.63) is 0 Å². The van der Waals surface area contributed by atoms with Crippen LogP contribution in [-0.4, -0.2) is 96.7 Å². The van der Waals surface area contributed by atoms with Gasteiger partial charge in [0.1, 0.15) is 19.3 Å². The molecule has 0 heterocycles. The number of aliphatic hydroxyl groups excluding tert-OH is 1. The maximum atomic E-state index is 13.1. The van der Waals surface area contributed by atoms with Crippen molar-refractivity contribution in [2.45, 2.75) is 401 Å². The van der Waals surface area contributed by atoms with Gasteiger partial charge in [0, 0.05) is 25.7 Å². The van der Waals surface area contributed by atoms with Gasteiger partial charge in [-0.25, -0.2) is 9.13 Å². The van der Waals surface area contributed by atoms with Gasteiger partial charge in [-0.3, -0.25) is 37.3 Å². The lowest BCUT2D eigenvalue weighted by Crippen LogP contribution is -2.30. The standard InChI is InChI=1S/C75H146O17P2/c1-8-9-10-11-12-13-14-15-18-21-28-35-42-49-56-72(77)85-62-70(91-74(79)58-51-44-37-29-22-19-16-17-20-25-32-39-46-53-66(2)3)64-89-93(81,82)87-60-69(76)61-88-94(83,84)90-65-71(92-75(80)59-52-45-38-31-24-27-34-41-48-55-68(6)7)63-86-73(78)57-50-43-36-30-23-26-33-40-47-54-67(4)5/h66-71,76H,8-65H2,1-7H3,(H,81,82)(H,83,84)/t69-,70-,71-/m1/s1. The largest absolute Gasteiger partial charge is 0.472 e. The Morgan fingerprint density at radius 3 is 0.723 bits per heavy atom. The van der Waals surface area contributed by atoms with Crippen molar-refractivity contribution in [2.75, 3.05) is 39.6 Å². The van der Waals surface area contributed by atoms with Crippen molar-refractivity contribution in [1.29, 1.82) is 0 Å². The fourth-order valence-corrected chi connectivity index (χ4v) is 13.0. The normalized spacial score (nSPS) is 14.1. The minimum absolute atomic E-state index is 0.105.